The summed E-state index contributed by atoms with van der Waals surface area (Å²) in [5.41, 5.74) is 1.01. The maximum absolute atomic E-state index is 13.1. The number of unbranched alkanes of at least 4 members (excludes halogenated alkanes) is 3. The van der Waals surface area contributed by atoms with Gasteiger partial charge in [-0.3, -0.25) is 14.4 Å². The minimum Gasteiger partial charge on any atom is -0.507 e. The Morgan fingerprint density at radius 3 is 2.34 bits per heavy atom. The largest absolute Gasteiger partial charge is 0.507 e. The lowest BCUT2D eigenvalue weighted by Crippen LogP contribution is -2.30. The van der Waals surface area contributed by atoms with Crippen LogP contribution in [0.25, 0.3) is 5.76 Å². The molecule has 1 N–H and O–H groups in total. The van der Waals surface area contributed by atoms with Gasteiger partial charge in [-0.25, -0.2) is 0 Å². The second-order valence-electron chi connectivity index (χ2n) is 8.59. The van der Waals surface area contributed by atoms with Crippen LogP contribution in [0.1, 0.15) is 70.0 Å². The molecule has 1 amide bonds. The van der Waals surface area contributed by atoms with Crippen molar-refractivity contribution in [2.24, 2.45) is 0 Å². The Kier molecular flexibility index (Phi) is 9.06. The Bertz CT molecular complexity index is 1090. The van der Waals surface area contributed by atoms with Crippen molar-refractivity contribution in [3.63, 3.8) is 0 Å². The summed E-state index contributed by atoms with van der Waals surface area (Å²) >= 11 is 0. The molecule has 1 aliphatic rings. The number of carbonyl (C=O) groups is 3. The lowest BCUT2D eigenvalue weighted by atomic mass is 9.95. The van der Waals surface area contributed by atoms with Crippen LogP contribution in [-0.2, 0) is 14.4 Å². The Morgan fingerprint density at radius 1 is 0.971 bits per heavy atom. The van der Waals surface area contributed by atoms with Crippen molar-refractivity contribution in [1.29, 1.82) is 0 Å². The summed E-state index contributed by atoms with van der Waals surface area (Å²) in [6, 6.07) is 12.7. The SMILES string of the molecule is CCCCCOc1ccc(/C(O)=C2/C(=O)C(=O)N(CCCC)C2c2cccc(OC(C)=O)c2)cc1. The highest BCUT2D eigenvalue weighted by molar-refractivity contribution is 6.46. The van der Waals surface area contributed by atoms with Crippen molar-refractivity contribution in [3.05, 3.63) is 65.2 Å². The second kappa shape index (κ2) is 12.2. The zero-order valence-corrected chi connectivity index (χ0v) is 20.6. The lowest BCUT2D eigenvalue weighted by molar-refractivity contribution is -0.139. The third-order valence-electron chi connectivity index (χ3n) is 5.87. The summed E-state index contributed by atoms with van der Waals surface area (Å²) in [6.45, 7) is 6.41. The molecule has 0 saturated carbocycles. The van der Waals surface area contributed by atoms with E-state index in [9.17, 15) is 19.5 Å². The molecule has 3 rings (SSSR count). The first-order valence-electron chi connectivity index (χ1n) is 12.2. The molecule has 1 fully saturated rings. The van der Waals surface area contributed by atoms with Gasteiger partial charge in [0.1, 0.15) is 17.3 Å². The zero-order chi connectivity index (χ0) is 25.4. The molecule has 1 atom stereocenters. The van der Waals surface area contributed by atoms with E-state index < -0.39 is 23.7 Å². The first-order chi connectivity index (χ1) is 16.9. The highest BCUT2D eigenvalue weighted by atomic mass is 16.5. The van der Waals surface area contributed by atoms with Gasteiger partial charge in [0.25, 0.3) is 11.7 Å². The number of carbonyl (C=O) groups excluding carboxylic acids is 3. The number of amides is 1. The first kappa shape index (κ1) is 26.0. The number of ketones is 1. The van der Waals surface area contributed by atoms with Crippen LogP contribution >= 0.6 is 0 Å². The molecule has 186 valence electrons. The summed E-state index contributed by atoms with van der Waals surface area (Å²) in [7, 11) is 0. The number of Topliss-reactive ketones (excluding diaryl/α,β-unsaturated/α-hetero) is 1. The minimum atomic E-state index is -0.790. The van der Waals surface area contributed by atoms with Gasteiger partial charge in [0.15, 0.2) is 0 Å². The van der Waals surface area contributed by atoms with Crippen molar-refractivity contribution >= 4 is 23.4 Å². The molecule has 0 aromatic heterocycles. The van der Waals surface area contributed by atoms with Crippen LogP contribution in [0.2, 0.25) is 0 Å². The molecule has 1 unspecified atom stereocenters. The van der Waals surface area contributed by atoms with Crippen LogP contribution < -0.4 is 9.47 Å². The van der Waals surface area contributed by atoms with Gasteiger partial charge in [-0.05, 0) is 54.8 Å². The number of hydrogen-bond acceptors (Lipinski definition) is 6. The fourth-order valence-corrected chi connectivity index (χ4v) is 4.11. The first-order valence-corrected chi connectivity index (χ1v) is 12.2. The average molecular weight is 480 g/mol. The molecule has 1 saturated heterocycles. The summed E-state index contributed by atoms with van der Waals surface area (Å²) < 4.78 is 10.9. The van der Waals surface area contributed by atoms with Crippen LogP contribution in [0.5, 0.6) is 11.5 Å². The quantitative estimate of drug-likeness (QED) is 0.116. The standard InChI is InChI=1S/C28H33NO6/c1-4-6-8-17-34-22-14-12-20(13-15-22)26(31)24-25(29(16-7-5-2)28(33)27(24)32)21-10-9-11-23(18-21)35-19(3)30/h9-15,18,25,31H,4-8,16-17H2,1-3H3/b26-24-. The molecule has 1 heterocycles. The Labute approximate surface area is 206 Å². The molecule has 2 aromatic carbocycles. The minimum absolute atomic E-state index is 0.0164. The third-order valence-corrected chi connectivity index (χ3v) is 5.87. The fourth-order valence-electron chi connectivity index (χ4n) is 4.11. The van der Waals surface area contributed by atoms with Crippen LogP contribution in [0.15, 0.2) is 54.1 Å². The number of benzene rings is 2. The number of aliphatic hydroxyl groups excluding tert-OH is 1. The number of esters is 1. The predicted molar refractivity (Wildman–Crippen MR) is 133 cm³/mol. The maximum Gasteiger partial charge on any atom is 0.308 e. The molecule has 0 aliphatic carbocycles. The number of aliphatic hydroxyl groups is 1. The highest BCUT2D eigenvalue weighted by Gasteiger charge is 2.45. The molecular weight excluding hydrogens is 446 g/mol. The van der Waals surface area contributed by atoms with E-state index in [4.69, 9.17) is 9.47 Å². The number of likely N-dealkylation sites (tertiary alicyclic amines) is 1. The Balaban J connectivity index is 1.99. The average Bonchev–Trinajstić information content (AvgIpc) is 3.10. The summed E-state index contributed by atoms with van der Waals surface area (Å²) in [5.74, 6) is -1.13. The van der Waals surface area contributed by atoms with Gasteiger partial charge in [0, 0.05) is 19.0 Å². The van der Waals surface area contributed by atoms with Gasteiger partial charge >= 0.3 is 5.97 Å². The molecule has 7 heteroatoms. The zero-order valence-electron chi connectivity index (χ0n) is 20.6. The van der Waals surface area contributed by atoms with E-state index in [0.29, 0.717) is 42.2 Å². The number of nitrogens with zero attached hydrogens (tertiary/aromatic N) is 1. The van der Waals surface area contributed by atoms with Crippen molar-refractivity contribution in [2.45, 2.75) is 58.9 Å². The fraction of sp³-hybridized carbons (Fsp3) is 0.393. The van der Waals surface area contributed by atoms with Crippen molar-refractivity contribution in [1.82, 2.24) is 4.90 Å². The predicted octanol–water partition coefficient (Wildman–Crippen LogP) is 5.40. The van der Waals surface area contributed by atoms with Crippen molar-refractivity contribution in [2.75, 3.05) is 13.2 Å². The molecule has 7 nitrogen and oxygen atoms in total. The maximum atomic E-state index is 13.1. The van der Waals surface area contributed by atoms with Crippen LogP contribution in [-0.4, -0.2) is 40.8 Å². The Hall–Kier alpha value is -3.61. The van der Waals surface area contributed by atoms with Gasteiger partial charge in [0.05, 0.1) is 18.2 Å². The number of hydrogen-bond donors (Lipinski definition) is 1. The van der Waals surface area contributed by atoms with Gasteiger partial charge in [0.2, 0.25) is 0 Å². The van der Waals surface area contributed by atoms with Gasteiger partial charge in [-0.1, -0.05) is 45.2 Å². The van der Waals surface area contributed by atoms with Crippen LogP contribution in [0, 0.1) is 0 Å². The summed E-state index contributed by atoms with van der Waals surface area (Å²) in [6.07, 6.45) is 4.71. The van der Waals surface area contributed by atoms with E-state index in [1.54, 1.807) is 48.5 Å². The van der Waals surface area contributed by atoms with Gasteiger partial charge in [-0.15, -0.1) is 0 Å². The summed E-state index contributed by atoms with van der Waals surface area (Å²) in [5, 5.41) is 11.2. The van der Waals surface area contributed by atoms with E-state index in [2.05, 4.69) is 6.92 Å². The van der Waals surface area contributed by atoms with E-state index in [0.717, 1.165) is 25.7 Å². The second-order valence-corrected chi connectivity index (χ2v) is 8.59. The van der Waals surface area contributed by atoms with Gasteiger partial charge < -0.3 is 19.5 Å². The lowest BCUT2D eigenvalue weighted by Gasteiger charge is -2.25. The normalized spacial score (nSPS) is 17.0. The van der Waals surface area contributed by atoms with Crippen LogP contribution in [0.3, 0.4) is 0 Å². The molecule has 0 spiro atoms. The molecular formula is C28H33NO6. The Morgan fingerprint density at radius 2 is 1.69 bits per heavy atom. The number of rotatable bonds is 11. The van der Waals surface area contributed by atoms with Gasteiger partial charge in [-0.2, -0.15) is 0 Å². The topological polar surface area (TPSA) is 93.1 Å². The molecule has 2 aromatic rings. The number of ether oxygens (including phenoxy) is 2. The van der Waals surface area contributed by atoms with Crippen molar-refractivity contribution < 1.29 is 29.0 Å². The smallest absolute Gasteiger partial charge is 0.308 e. The van der Waals surface area contributed by atoms with E-state index in [1.807, 2.05) is 6.92 Å². The van der Waals surface area contributed by atoms with Crippen molar-refractivity contribution in [3.8, 4) is 11.5 Å². The van der Waals surface area contributed by atoms with E-state index in [1.165, 1.54) is 11.8 Å². The third kappa shape index (κ3) is 6.29. The molecule has 0 radical (unpaired) electrons. The summed E-state index contributed by atoms with van der Waals surface area (Å²) in [4.78, 5) is 39.0. The highest BCUT2D eigenvalue weighted by Crippen LogP contribution is 2.40. The molecule has 1 aliphatic heterocycles. The van der Waals surface area contributed by atoms with Crippen LogP contribution in [0.4, 0.5) is 0 Å². The molecule has 0 bridgehead atoms. The van der Waals surface area contributed by atoms with E-state index >= 15 is 0 Å². The molecule has 35 heavy (non-hydrogen) atoms. The monoisotopic (exact) mass is 479 g/mol. The van der Waals surface area contributed by atoms with E-state index in [-0.39, 0.29) is 11.3 Å².